The first-order valence-electron chi connectivity index (χ1n) is 10.7. The van der Waals surface area contributed by atoms with Crippen LogP contribution in [-0.4, -0.2) is 66.2 Å². The van der Waals surface area contributed by atoms with E-state index < -0.39 is 22.4 Å². The summed E-state index contributed by atoms with van der Waals surface area (Å²) in [4.78, 5) is 25.8. The van der Waals surface area contributed by atoms with Gasteiger partial charge < -0.3 is 40.9 Å². The number of rotatable bonds is 9. The van der Waals surface area contributed by atoms with Gasteiger partial charge in [-0.1, -0.05) is 0 Å². The number of hydrogen-bond acceptors (Lipinski definition) is 10. The molecule has 17 heteroatoms. The van der Waals surface area contributed by atoms with Crippen molar-refractivity contribution >= 4 is 11.4 Å². The largest absolute Gasteiger partial charge is 0.389 e. The molecular formula is C20H34N8NiO8. The molecule has 0 saturated heterocycles. The monoisotopic (exact) mass is 572 g/mol. The van der Waals surface area contributed by atoms with Gasteiger partial charge in [0.2, 0.25) is 12.7 Å². The standard InChI is InChI=1S/C20H34N6O2.2NO3.Ni/c1-15(19(17(3)27)25-11-9-23(5)13-25)21-7-8-22-16(2)20(18(4)28)26-12-10-24(6)14-26;2*2-1(3)4;/h9-14,17-20,27-28H,7-8H2,1-6H3;;;/q+2;2*-1;. The Morgan fingerprint density at radius 2 is 1.08 bits per heavy atom. The van der Waals surface area contributed by atoms with Crippen molar-refractivity contribution in [1.82, 2.24) is 9.13 Å². The summed E-state index contributed by atoms with van der Waals surface area (Å²) in [7, 11) is 3.89. The number of aliphatic hydroxyl groups excluding tert-OH is 2. The van der Waals surface area contributed by atoms with E-state index in [1.54, 1.807) is 13.8 Å². The molecule has 2 aromatic rings. The number of imidazole rings is 2. The van der Waals surface area contributed by atoms with Gasteiger partial charge in [0.25, 0.3) is 0 Å². The van der Waals surface area contributed by atoms with E-state index in [4.69, 9.17) is 30.6 Å². The zero-order valence-corrected chi connectivity index (χ0v) is 22.4. The van der Waals surface area contributed by atoms with Crippen molar-refractivity contribution in [2.24, 2.45) is 24.1 Å². The van der Waals surface area contributed by atoms with Crippen LogP contribution in [0, 0.1) is 30.6 Å². The van der Waals surface area contributed by atoms with Crippen molar-refractivity contribution in [3.63, 3.8) is 0 Å². The Hall–Kier alpha value is -3.43. The predicted molar refractivity (Wildman–Crippen MR) is 129 cm³/mol. The minimum atomic E-state index is -1.75. The number of nitrogens with zero attached hydrogens (tertiary/aromatic N) is 8. The van der Waals surface area contributed by atoms with E-state index in [-0.39, 0.29) is 28.6 Å². The molecule has 0 fully saturated rings. The van der Waals surface area contributed by atoms with Crippen LogP contribution in [0.3, 0.4) is 0 Å². The van der Waals surface area contributed by atoms with Gasteiger partial charge in [-0.2, -0.15) is 0 Å². The van der Waals surface area contributed by atoms with Crippen LogP contribution in [0.4, 0.5) is 0 Å². The summed E-state index contributed by atoms with van der Waals surface area (Å²) in [5, 5.41) is 49.9. The topological polar surface area (TPSA) is 215 Å². The maximum Gasteiger partial charge on any atom is 0.244 e. The van der Waals surface area contributed by atoms with Gasteiger partial charge in [0.1, 0.15) is 24.8 Å². The fourth-order valence-electron chi connectivity index (χ4n) is 3.54. The third kappa shape index (κ3) is 14.7. The second-order valence-corrected chi connectivity index (χ2v) is 7.92. The average Bonchev–Trinajstić information content (AvgIpc) is 3.32. The van der Waals surface area contributed by atoms with Crippen LogP contribution in [0.5, 0.6) is 0 Å². The second kappa shape index (κ2) is 17.9. The molecule has 0 amide bonds. The number of aromatic nitrogens is 4. The first-order chi connectivity index (χ1) is 16.7. The van der Waals surface area contributed by atoms with Gasteiger partial charge in [0.05, 0.1) is 61.0 Å². The molecule has 0 aliphatic rings. The summed E-state index contributed by atoms with van der Waals surface area (Å²) in [5.41, 5.74) is 1.73. The Labute approximate surface area is 224 Å². The van der Waals surface area contributed by atoms with Crippen LogP contribution < -0.4 is 9.13 Å². The first kappa shape index (κ1) is 35.7. The third-order valence-corrected chi connectivity index (χ3v) is 4.81. The van der Waals surface area contributed by atoms with Crippen molar-refractivity contribution in [3.05, 3.63) is 68.1 Å². The van der Waals surface area contributed by atoms with Gasteiger partial charge in [-0.15, -0.1) is 0 Å². The molecule has 4 unspecified atom stereocenters. The van der Waals surface area contributed by atoms with Crippen molar-refractivity contribution in [2.45, 2.75) is 52.0 Å². The van der Waals surface area contributed by atoms with Gasteiger partial charge >= 0.3 is 0 Å². The summed E-state index contributed by atoms with van der Waals surface area (Å²) < 4.78 is 7.81. The fraction of sp³-hybridized carbons (Fsp3) is 0.600. The van der Waals surface area contributed by atoms with Crippen molar-refractivity contribution < 1.29 is 46.0 Å². The Morgan fingerprint density at radius 3 is 1.27 bits per heavy atom. The normalized spacial score (nSPS) is 14.5. The molecule has 2 aromatic heterocycles. The molecule has 0 spiro atoms. The molecule has 2 rings (SSSR count). The Bertz CT molecular complexity index is 933. The summed E-state index contributed by atoms with van der Waals surface area (Å²) in [6.45, 7) is 8.49. The van der Waals surface area contributed by atoms with Crippen molar-refractivity contribution in [1.29, 1.82) is 0 Å². The molecule has 0 aliphatic heterocycles. The van der Waals surface area contributed by atoms with E-state index in [2.05, 4.69) is 9.98 Å². The van der Waals surface area contributed by atoms with Gasteiger partial charge in [-0.05, 0) is 27.7 Å². The number of hydrogen-bond donors (Lipinski definition) is 2. The first-order valence-corrected chi connectivity index (χ1v) is 10.7. The van der Waals surface area contributed by atoms with E-state index in [1.807, 2.05) is 83.7 Å². The SMILES string of the molecule is CC(=NCCN=C(C)C(C(C)O)n1cc[n+](C)c1)C(C(C)O)n1cc[n+](C)c1.O=[N+]([O-])[O-].O=[N+]([O-])[O-].[Ni]. The maximum atomic E-state index is 10.2. The van der Waals surface area contributed by atoms with Gasteiger partial charge in [-0.25, -0.2) is 18.3 Å². The van der Waals surface area contributed by atoms with Crippen LogP contribution in [-0.2, 0) is 30.6 Å². The quantitative estimate of drug-likeness (QED) is 0.103. The van der Waals surface area contributed by atoms with Crippen LogP contribution >= 0.6 is 0 Å². The van der Waals surface area contributed by atoms with Crippen LogP contribution in [0.2, 0.25) is 0 Å². The second-order valence-electron chi connectivity index (χ2n) is 7.92. The molecule has 0 bridgehead atoms. The number of aliphatic hydroxyl groups is 2. The molecule has 16 nitrogen and oxygen atoms in total. The Balaban J connectivity index is 0. The molecular weight excluding hydrogens is 539 g/mol. The Kier molecular flexibility index (Phi) is 17.3. The van der Waals surface area contributed by atoms with Crippen LogP contribution in [0.1, 0.15) is 39.8 Å². The molecule has 0 radical (unpaired) electrons. The molecule has 4 atom stereocenters. The van der Waals surface area contributed by atoms with Crippen molar-refractivity contribution in [2.75, 3.05) is 13.1 Å². The zero-order chi connectivity index (χ0) is 28.0. The molecule has 0 aliphatic carbocycles. The van der Waals surface area contributed by atoms with E-state index in [9.17, 15) is 10.2 Å². The predicted octanol–water partition coefficient (Wildman–Crippen LogP) is -0.0763. The average molecular weight is 573 g/mol. The zero-order valence-electron chi connectivity index (χ0n) is 21.4. The summed E-state index contributed by atoms with van der Waals surface area (Å²) in [6.07, 6.45) is 10.5. The molecule has 37 heavy (non-hydrogen) atoms. The number of aliphatic imine (C=N–C) groups is 2. The number of aryl methyl sites for hydroxylation is 2. The van der Waals surface area contributed by atoms with E-state index in [1.165, 1.54) is 0 Å². The third-order valence-electron chi connectivity index (χ3n) is 4.81. The molecule has 2 N–H and O–H groups in total. The molecule has 0 aromatic carbocycles. The molecule has 2 heterocycles. The van der Waals surface area contributed by atoms with E-state index >= 15 is 0 Å². The summed E-state index contributed by atoms with van der Waals surface area (Å²) in [5.74, 6) is 0. The maximum absolute atomic E-state index is 10.2. The van der Waals surface area contributed by atoms with Gasteiger partial charge in [0.15, 0.2) is 12.1 Å². The van der Waals surface area contributed by atoms with Crippen LogP contribution in [0.25, 0.3) is 0 Å². The van der Waals surface area contributed by atoms with E-state index in [0.717, 1.165) is 11.4 Å². The minimum absolute atomic E-state index is 0. The Morgan fingerprint density at radius 1 is 0.811 bits per heavy atom. The summed E-state index contributed by atoms with van der Waals surface area (Å²) >= 11 is 0. The molecule has 212 valence electrons. The smallest absolute Gasteiger partial charge is 0.244 e. The summed E-state index contributed by atoms with van der Waals surface area (Å²) in [6, 6.07) is -0.396. The van der Waals surface area contributed by atoms with Crippen molar-refractivity contribution in [3.8, 4) is 0 Å². The molecule has 0 saturated carbocycles. The van der Waals surface area contributed by atoms with Gasteiger partial charge in [0, 0.05) is 16.5 Å². The van der Waals surface area contributed by atoms with E-state index in [0.29, 0.717) is 13.1 Å². The fourth-order valence-corrected chi connectivity index (χ4v) is 3.54. The van der Waals surface area contributed by atoms with Gasteiger partial charge in [-0.3, -0.25) is 9.98 Å². The van der Waals surface area contributed by atoms with Crippen LogP contribution in [0.15, 0.2) is 47.4 Å². The minimum Gasteiger partial charge on any atom is -0.389 e.